The van der Waals surface area contributed by atoms with Crippen LogP contribution >= 0.6 is 0 Å². The first-order valence-corrected chi connectivity index (χ1v) is 5.67. The van der Waals surface area contributed by atoms with Crippen LogP contribution in [0, 0.1) is 0 Å². The van der Waals surface area contributed by atoms with Gasteiger partial charge in [0, 0.05) is 29.4 Å². The van der Waals surface area contributed by atoms with Crippen molar-refractivity contribution in [2.24, 2.45) is 0 Å². The molecule has 3 N–H and O–H groups in total. The smallest absolute Gasteiger partial charge is 0.274 e. The molecule has 0 aliphatic rings. The maximum atomic E-state index is 12.0. The Kier molecular flexibility index (Phi) is 2.60. The van der Waals surface area contributed by atoms with E-state index in [1.807, 2.05) is 0 Å². The van der Waals surface area contributed by atoms with E-state index in [2.05, 4.69) is 20.3 Å². The Balaban J connectivity index is 2.01. The molecular weight excluding hydrogens is 244 g/mol. The highest BCUT2D eigenvalue weighted by Crippen LogP contribution is 2.08. The van der Waals surface area contributed by atoms with Crippen LogP contribution < -0.4 is 10.7 Å². The lowest BCUT2D eigenvalue weighted by atomic mass is 10.2. The number of aromatic amines is 2. The molecule has 0 saturated heterocycles. The maximum Gasteiger partial charge on any atom is 0.274 e. The van der Waals surface area contributed by atoms with Crippen molar-refractivity contribution in [1.29, 1.82) is 0 Å². The molecule has 0 unspecified atom stereocenters. The monoisotopic (exact) mass is 254 g/mol. The molecule has 0 bridgehead atoms. The van der Waals surface area contributed by atoms with Crippen LogP contribution in [0.1, 0.15) is 10.5 Å². The Morgan fingerprint density at radius 1 is 1.26 bits per heavy atom. The highest BCUT2D eigenvalue weighted by molar-refractivity contribution is 6.03. The van der Waals surface area contributed by atoms with Gasteiger partial charge in [-0.3, -0.25) is 14.9 Å². The molecule has 1 amide bonds. The SMILES string of the molecule is O=C(Nc1ncc[nH]1)c1cc(=O)c2ccccc2[nH]1. The number of carbonyl (C=O) groups excluding carboxylic acids is 1. The van der Waals surface area contributed by atoms with Gasteiger partial charge in [-0.05, 0) is 12.1 Å². The summed E-state index contributed by atoms with van der Waals surface area (Å²) in [5, 5.41) is 3.11. The molecule has 0 saturated carbocycles. The van der Waals surface area contributed by atoms with E-state index in [9.17, 15) is 9.59 Å². The number of H-pyrrole nitrogens is 2. The Morgan fingerprint density at radius 3 is 2.89 bits per heavy atom. The zero-order chi connectivity index (χ0) is 13.2. The molecule has 19 heavy (non-hydrogen) atoms. The van der Waals surface area contributed by atoms with E-state index in [4.69, 9.17) is 0 Å². The zero-order valence-electron chi connectivity index (χ0n) is 9.81. The summed E-state index contributed by atoms with van der Waals surface area (Å²) in [4.78, 5) is 33.4. The first kappa shape index (κ1) is 11.2. The third kappa shape index (κ3) is 2.11. The normalized spacial score (nSPS) is 10.5. The van der Waals surface area contributed by atoms with E-state index < -0.39 is 5.91 Å². The van der Waals surface area contributed by atoms with Crippen molar-refractivity contribution in [2.75, 3.05) is 5.32 Å². The summed E-state index contributed by atoms with van der Waals surface area (Å²) in [5.41, 5.74) is 0.624. The van der Waals surface area contributed by atoms with Gasteiger partial charge in [-0.25, -0.2) is 4.98 Å². The van der Waals surface area contributed by atoms with Gasteiger partial charge >= 0.3 is 0 Å². The standard InChI is InChI=1S/C13H10N4O2/c18-11-7-10(12(19)17-13-14-5-6-15-13)16-9-4-2-1-3-8(9)11/h1-7H,(H,16,18)(H2,14,15,17,19). The number of hydrogen-bond acceptors (Lipinski definition) is 3. The highest BCUT2D eigenvalue weighted by Gasteiger charge is 2.10. The summed E-state index contributed by atoms with van der Waals surface area (Å²) < 4.78 is 0. The lowest BCUT2D eigenvalue weighted by Crippen LogP contribution is -2.17. The van der Waals surface area contributed by atoms with E-state index >= 15 is 0 Å². The van der Waals surface area contributed by atoms with Crippen molar-refractivity contribution < 1.29 is 4.79 Å². The van der Waals surface area contributed by atoms with Crippen molar-refractivity contribution >= 4 is 22.8 Å². The minimum Gasteiger partial charge on any atom is -0.350 e. The number of carbonyl (C=O) groups is 1. The number of amides is 1. The summed E-state index contributed by atoms with van der Waals surface area (Å²) in [5.74, 6) is -0.0863. The molecule has 0 atom stereocenters. The average molecular weight is 254 g/mol. The number of hydrogen-bond donors (Lipinski definition) is 3. The van der Waals surface area contributed by atoms with Gasteiger partial charge in [-0.1, -0.05) is 12.1 Å². The summed E-state index contributed by atoms with van der Waals surface area (Å²) in [6.07, 6.45) is 3.12. The van der Waals surface area contributed by atoms with Gasteiger partial charge in [0.05, 0.1) is 0 Å². The molecule has 2 aromatic heterocycles. The Labute approximate surface area is 107 Å². The molecule has 0 aliphatic carbocycles. The molecule has 6 nitrogen and oxygen atoms in total. The van der Waals surface area contributed by atoms with Crippen LogP contribution in [-0.2, 0) is 0 Å². The number of para-hydroxylation sites is 1. The quantitative estimate of drug-likeness (QED) is 0.647. The summed E-state index contributed by atoms with van der Waals surface area (Å²) in [6, 6.07) is 8.32. The fraction of sp³-hybridized carbons (Fsp3) is 0. The van der Waals surface area contributed by atoms with E-state index in [0.29, 0.717) is 16.9 Å². The first-order chi connectivity index (χ1) is 9.24. The van der Waals surface area contributed by atoms with Crippen molar-refractivity contribution in [3.8, 4) is 0 Å². The number of fused-ring (bicyclic) bond motifs is 1. The summed E-state index contributed by atoms with van der Waals surface area (Å²) in [7, 11) is 0. The topological polar surface area (TPSA) is 90.6 Å². The second-order valence-electron chi connectivity index (χ2n) is 3.98. The molecule has 94 valence electrons. The van der Waals surface area contributed by atoms with Crippen molar-refractivity contribution in [3.63, 3.8) is 0 Å². The summed E-state index contributed by atoms with van der Waals surface area (Å²) >= 11 is 0. The van der Waals surface area contributed by atoms with Crippen LogP contribution in [0.25, 0.3) is 10.9 Å². The van der Waals surface area contributed by atoms with Crippen LogP contribution in [0.4, 0.5) is 5.95 Å². The van der Waals surface area contributed by atoms with E-state index in [1.54, 1.807) is 30.5 Å². The largest absolute Gasteiger partial charge is 0.350 e. The summed E-state index contributed by atoms with van der Waals surface area (Å²) in [6.45, 7) is 0. The second kappa shape index (κ2) is 4.41. The number of nitrogens with one attached hydrogen (secondary N) is 3. The molecule has 6 heteroatoms. The lowest BCUT2D eigenvalue weighted by Gasteiger charge is -2.04. The third-order valence-electron chi connectivity index (χ3n) is 2.71. The van der Waals surface area contributed by atoms with Gasteiger partial charge in [-0.2, -0.15) is 0 Å². The zero-order valence-corrected chi connectivity index (χ0v) is 9.81. The Morgan fingerprint density at radius 2 is 2.11 bits per heavy atom. The Hall–Kier alpha value is -2.89. The predicted molar refractivity (Wildman–Crippen MR) is 71.1 cm³/mol. The van der Waals surface area contributed by atoms with Crippen molar-refractivity contribution in [3.05, 3.63) is 58.6 Å². The second-order valence-corrected chi connectivity index (χ2v) is 3.98. The molecule has 0 radical (unpaired) electrons. The number of rotatable bonds is 2. The number of aromatic nitrogens is 3. The van der Waals surface area contributed by atoms with Gasteiger partial charge in [0.15, 0.2) is 5.43 Å². The lowest BCUT2D eigenvalue weighted by molar-refractivity contribution is 0.102. The van der Waals surface area contributed by atoms with Crippen LogP contribution in [0.3, 0.4) is 0 Å². The molecule has 0 fully saturated rings. The molecule has 0 aliphatic heterocycles. The van der Waals surface area contributed by atoms with Gasteiger partial charge in [0.2, 0.25) is 5.95 Å². The van der Waals surface area contributed by atoms with Crippen LogP contribution in [-0.4, -0.2) is 20.9 Å². The molecule has 2 heterocycles. The van der Waals surface area contributed by atoms with E-state index in [-0.39, 0.29) is 11.1 Å². The molecule has 3 aromatic rings. The van der Waals surface area contributed by atoms with Gasteiger partial charge in [0.25, 0.3) is 5.91 Å². The molecular formula is C13H10N4O2. The minimum absolute atomic E-state index is 0.195. The third-order valence-corrected chi connectivity index (χ3v) is 2.71. The molecule has 1 aromatic carbocycles. The number of imidazole rings is 1. The number of nitrogens with zero attached hydrogens (tertiary/aromatic N) is 1. The number of benzene rings is 1. The highest BCUT2D eigenvalue weighted by atomic mass is 16.2. The number of pyridine rings is 1. The average Bonchev–Trinajstić information content (AvgIpc) is 2.91. The fourth-order valence-electron chi connectivity index (χ4n) is 1.83. The van der Waals surface area contributed by atoms with E-state index in [1.165, 1.54) is 12.3 Å². The van der Waals surface area contributed by atoms with Crippen molar-refractivity contribution in [2.45, 2.75) is 0 Å². The van der Waals surface area contributed by atoms with Crippen LogP contribution in [0.5, 0.6) is 0 Å². The van der Waals surface area contributed by atoms with E-state index in [0.717, 1.165) is 0 Å². The minimum atomic E-state index is -0.419. The maximum absolute atomic E-state index is 12.0. The Bertz CT molecular complexity index is 790. The number of anilines is 1. The van der Waals surface area contributed by atoms with Crippen LogP contribution in [0.15, 0.2) is 47.5 Å². The molecule has 0 spiro atoms. The van der Waals surface area contributed by atoms with Gasteiger partial charge < -0.3 is 9.97 Å². The van der Waals surface area contributed by atoms with Gasteiger partial charge in [0.1, 0.15) is 5.69 Å². The van der Waals surface area contributed by atoms with Gasteiger partial charge in [-0.15, -0.1) is 0 Å². The molecule has 3 rings (SSSR count). The first-order valence-electron chi connectivity index (χ1n) is 5.67. The van der Waals surface area contributed by atoms with Crippen LogP contribution in [0.2, 0.25) is 0 Å². The van der Waals surface area contributed by atoms with Crippen molar-refractivity contribution in [1.82, 2.24) is 15.0 Å². The fourth-order valence-corrected chi connectivity index (χ4v) is 1.83. The predicted octanol–water partition coefficient (Wildman–Crippen LogP) is 1.50.